The molecule has 0 saturated carbocycles. The summed E-state index contributed by atoms with van der Waals surface area (Å²) in [6, 6.07) is 8.60. The van der Waals surface area contributed by atoms with Gasteiger partial charge in [-0.1, -0.05) is 12.1 Å². The predicted octanol–water partition coefficient (Wildman–Crippen LogP) is 2.27. The highest BCUT2D eigenvalue weighted by Crippen LogP contribution is 2.28. The third-order valence-electron chi connectivity index (χ3n) is 5.32. The smallest absolute Gasteiger partial charge is 0.194 e. The summed E-state index contributed by atoms with van der Waals surface area (Å²) in [6.07, 6.45) is 1.82. The summed E-state index contributed by atoms with van der Waals surface area (Å²) in [4.78, 5) is 7.10. The second-order valence-electron chi connectivity index (χ2n) is 7.94. The summed E-state index contributed by atoms with van der Waals surface area (Å²) in [7, 11) is -1.17. The van der Waals surface area contributed by atoms with Gasteiger partial charge in [0.25, 0.3) is 0 Å². The SMILES string of the molecule is COc1ccc(C2CCN(C(=NCC3CCS(=O)(=O)C3)NC(C)C)C2)cc1. The van der Waals surface area contributed by atoms with Crippen LogP contribution < -0.4 is 10.1 Å². The third kappa shape index (κ3) is 5.37. The van der Waals surface area contributed by atoms with Crippen LogP contribution in [0.1, 0.15) is 38.2 Å². The molecule has 150 valence electrons. The van der Waals surface area contributed by atoms with E-state index >= 15 is 0 Å². The van der Waals surface area contributed by atoms with Crippen LogP contribution in [0.15, 0.2) is 29.3 Å². The number of aliphatic imine (C=N–C) groups is 1. The number of hydrogen-bond acceptors (Lipinski definition) is 4. The minimum atomic E-state index is -2.85. The van der Waals surface area contributed by atoms with E-state index in [2.05, 4.69) is 36.2 Å². The first kappa shape index (κ1) is 20.0. The summed E-state index contributed by atoms with van der Waals surface area (Å²) in [5.41, 5.74) is 1.32. The minimum absolute atomic E-state index is 0.152. The molecule has 0 aliphatic carbocycles. The average molecular weight is 394 g/mol. The molecule has 2 atom stereocenters. The zero-order chi connectivity index (χ0) is 19.4. The van der Waals surface area contributed by atoms with Crippen LogP contribution >= 0.6 is 0 Å². The number of benzene rings is 1. The molecule has 2 fully saturated rings. The van der Waals surface area contributed by atoms with E-state index in [1.807, 2.05) is 12.1 Å². The number of rotatable bonds is 5. The average Bonchev–Trinajstić information content (AvgIpc) is 3.25. The van der Waals surface area contributed by atoms with Gasteiger partial charge in [0.2, 0.25) is 0 Å². The summed E-state index contributed by atoms with van der Waals surface area (Å²) in [5.74, 6) is 3.00. The van der Waals surface area contributed by atoms with Crippen LogP contribution in [0, 0.1) is 5.92 Å². The lowest BCUT2D eigenvalue weighted by atomic mass is 9.98. The number of likely N-dealkylation sites (tertiary alicyclic amines) is 1. The molecule has 1 aromatic carbocycles. The summed E-state index contributed by atoms with van der Waals surface area (Å²) in [6.45, 7) is 6.67. The molecule has 2 aliphatic heterocycles. The Labute approximate surface area is 162 Å². The summed E-state index contributed by atoms with van der Waals surface area (Å²) in [5, 5.41) is 3.46. The normalized spacial score (nSPS) is 25.2. The van der Waals surface area contributed by atoms with Gasteiger partial charge in [-0.25, -0.2) is 8.42 Å². The van der Waals surface area contributed by atoms with Crippen molar-refractivity contribution in [3.63, 3.8) is 0 Å². The Bertz CT molecular complexity index is 759. The van der Waals surface area contributed by atoms with E-state index < -0.39 is 9.84 Å². The zero-order valence-corrected chi connectivity index (χ0v) is 17.3. The van der Waals surface area contributed by atoms with Gasteiger partial charge >= 0.3 is 0 Å². The third-order valence-corrected chi connectivity index (χ3v) is 7.16. The zero-order valence-electron chi connectivity index (χ0n) is 16.5. The molecule has 3 rings (SSSR count). The quantitative estimate of drug-likeness (QED) is 0.614. The van der Waals surface area contributed by atoms with Gasteiger partial charge in [-0.15, -0.1) is 0 Å². The summed E-state index contributed by atoms with van der Waals surface area (Å²) >= 11 is 0. The molecule has 2 heterocycles. The molecule has 27 heavy (non-hydrogen) atoms. The Morgan fingerprint density at radius 1 is 1.30 bits per heavy atom. The first-order valence-corrected chi connectivity index (χ1v) is 11.6. The van der Waals surface area contributed by atoms with Gasteiger partial charge in [0.05, 0.1) is 18.6 Å². The highest BCUT2D eigenvalue weighted by Gasteiger charge is 2.29. The standard InChI is InChI=1S/C20H31N3O3S/c1-15(2)22-20(21-12-16-9-11-27(24,25)14-16)23-10-8-18(13-23)17-4-6-19(26-3)7-5-17/h4-7,15-16,18H,8-14H2,1-3H3,(H,21,22). The molecule has 2 aliphatic rings. The Morgan fingerprint density at radius 3 is 2.63 bits per heavy atom. The number of nitrogens with one attached hydrogen (secondary N) is 1. The molecular weight excluding hydrogens is 362 g/mol. The Kier molecular flexibility index (Phi) is 6.29. The van der Waals surface area contributed by atoms with E-state index in [4.69, 9.17) is 9.73 Å². The maximum atomic E-state index is 11.7. The molecule has 0 spiro atoms. The minimum Gasteiger partial charge on any atom is -0.497 e. The van der Waals surface area contributed by atoms with E-state index in [-0.39, 0.29) is 17.7 Å². The van der Waals surface area contributed by atoms with Crippen molar-refractivity contribution in [1.82, 2.24) is 10.2 Å². The van der Waals surface area contributed by atoms with E-state index in [1.54, 1.807) is 7.11 Å². The van der Waals surface area contributed by atoms with E-state index in [9.17, 15) is 8.42 Å². The molecule has 0 aromatic heterocycles. The fraction of sp³-hybridized carbons (Fsp3) is 0.650. The van der Waals surface area contributed by atoms with Crippen molar-refractivity contribution in [1.29, 1.82) is 0 Å². The Balaban J connectivity index is 1.65. The largest absolute Gasteiger partial charge is 0.497 e. The van der Waals surface area contributed by atoms with Crippen LogP contribution in [0.5, 0.6) is 5.75 Å². The number of nitrogens with zero attached hydrogens (tertiary/aromatic N) is 2. The number of sulfone groups is 1. The Morgan fingerprint density at radius 2 is 2.04 bits per heavy atom. The Hall–Kier alpha value is -1.76. The second kappa shape index (κ2) is 8.50. The van der Waals surface area contributed by atoms with Crippen molar-refractivity contribution in [2.24, 2.45) is 10.9 Å². The number of guanidine groups is 1. The molecule has 2 unspecified atom stereocenters. The van der Waals surface area contributed by atoms with E-state index in [1.165, 1.54) is 5.56 Å². The first-order valence-electron chi connectivity index (χ1n) is 9.76. The van der Waals surface area contributed by atoms with Gasteiger partial charge in [0.15, 0.2) is 15.8 Å². The molecule has 0 bridgehead atoms. The molecule has 1 N–H and O–H groups in total. The molecule has 6 nitrogen and oxygen atoms in total. The molecule has 7 heteroatoms. The highest BCUT2D eigenvalue weighted by atomic mass is 32.2. The second-order valence-corrected chi connectivity index (χ2v) is 10.2. The maximum Gasteiger partial charge on any atom is 0.194 e. The van der Waals surface area contributed by atoms with Crippen LogP contribution in [0.25, 0.3) is 0 Å². The van der Waals surface area contributed by atoms with Crippen LogP contribution in [0.4, 0.5) is 0 Å². The van der Waals surface area contributed by atoms with Crippen LogP contribution in [-0.2, 0) is 9.84 Å². The molecule has 0 amide bonds. The number of ether oxygens (including phenoxy) is 1. The van der Waals surface area contributed by atoms with E-state index in [0.717, 1.165) is 37.6 Å². The number of methoxy groups -OCH3 is 1. The fourth-order valence-electron chi connectivity index (χ4n) is 3.83. The highest BCUT2D eigenvalue weighted by molar-refractivity contribution is 7.91. The molecule has 2 saturated heterocycles. The monoisotopic (exact) mass is 393 g/mol. The topological polar surface area (TPSA) is 71.0 Å². The van der Waals surface area contributed by atoms with E-state index in [0.29, 0.717) is 18.2 Å². The van der Waals surface area contributed by atoms with Gasteiger partial charge in [-0.05, 0) is 50.3 Å². The number of hydrogen-bond donors (Lipinski definition) is 1. The van der Waals surface area contributed by atoms with Crippen molar-refractivity contribution in [3.8, 4) is 5.75 Å². The van der Waals surface area contributed by atoms with Crippen LogP contribution in [0.2, 0.25) is 0 Å². The first-order chi connectivity index (χ1) is 12.9. The van der Waals surface area contributed by atoms with Crippen molar-refractivity contribution in [2.45, 2.75) is 38.6 Å². The lowest BCUT2D eigenvalue weighted by Gasteiger charge is -2.24. The van der Waals surface area contributed by atoms with Crippen LogP contribution in [0.3, 0.4) is 0 Å². The molecule has 0 radical (unpaired) electrons. The van der Waals surface area contributed by atoms with Gasteiger partial charge in [0.1, 0.15) is 5.75 Å². The van der Waals surface area contributed by atoms with Crippen molar-refractivity contribution < 1.29 is 13.2 Å². The van der Waals surface area contributed by atoms with Gasteiger partial charge in [0, 0.05) is 31.6 Å². The molecular formula is C20H31N3O3S. The van der Waals surface area contributed by atoms with Crippen molar-refractivity contribution in [2.75, 3.05) is 38.2 Å². The summed E-state index contributed by atoms with van der Waals surface area (Å²) < 4.78 is 28.6. The maximum absolute atomic E-state index is 11.7. The fourth-order valence-corrected chi connectivity index (χ4v) is 5.68. The van der Waals surface area contributed by atoms with Crippen molar-refractivity contribution >= 4 is 15.8 Å². The lowest BCUT2D eigenvalue weighted by Crippen LogP contribution is -2.43. The van der Waals surface area contributed by atoms with Gasteiger partial charge in [-0.3, -0.25) is 4.99 Å². The predicted molar refractivity (Wildman–Crippen MR) is 109 cm³/mol. The lowest BCUT2D eigenvalue weighted by molar-refractivity contribution is 0.414. The molecule has 1 aromatic rings. The van der Waals surface area contributed by atoms with Gasteiger partial charge in [-0.2, -0.15) is 0 Å². The van der Waals surface area contributed by atoms with Crippen LogP contribution in [-0.4, -0.2) is 63.6 Å². The van der Waals surface area contributed by atoms with Crippen molar-refractivity contribution in [3.05, 3.63) is 29.8 Å². The van der Waals surface area contributed by atoms with Gasteiger partial charge < -0.3 is 15.0 Å².